The molecule has 124 valence electrons. The van der Waals surface area contributed by atoms with Crippen molar-refractivity contribution in [2.75, 3.05) is 5.32 Å². The number of nitrogens with one attached hydrogen (secondary N) is 1. The quantitative estimate of drug-likeness (QED) is 0.808. The molecule has 0 fully saturated rings. The normalized spacial score (nSPS) is 13.7. The van der Waals surface area contributed by atoms with Crippen LogP contribution in [-0.2, 0) is 17.6 Å². The molecule has 6 heteroatoms. The summed E-state index contributed by atoms with van der Waals surface area (Å²) < 4.78 is 0. The fraction of sp³-hybridized carbons (Fsp3) is 0.222. The van der Waals surface area contributed by atoms with Gasteiger partial charge in [-0.2, -0.15) is 0 Å². The van der Waals surface area contributed by atoms with Gasteiger partial charge in [-0.1, -0.05) is 23.7 Å². The molecule has 0 unspecified atom stereocenters. The minimum absolute atomic E-state index is 0.295. The van der Waals surface area contributed by atoms with Gasteiger partial charge < -0.3 is 11.1 Å². The molecule has 1 aliphatic rings. The van der Waals surface area contributed by atoms with E-state index in [0.717, 1.165) is 41.7 Å². The number of benzene rings is 1. The van der Waals surface area contributed by atoms with Crippen molar-refractivity contribution in [3.63, 3.8) is 0 Å². The molecule has 1 aromatic heterocycles. The highest BCUT2D eigenvalue weighted by Crippen LogP contribution is 2.37. The van der Waals surface area contributed by atoms with Gasteiger partial charge in [0.15, 0.2) is 0 Å². The SMILES string of the molecule is NC(=O)c1c(NC(=O)C=Cc2cccc(Cl)c2)sc2c1CCCC2. The fourth-order valence-corrected chi connectivity index (χ4v) is 4.35. The number of halogens is 1. The first-order chi connectivity index (χ1) is 11.5. The zero-order chi connectivity index (χ0) is 17.1. The lowest BCUT2D eigenvalue weighted by molar-refractivity contribution is -0.111. The van der Waals surface area contributed by atoms with E-state index in [9.17, 15) is 9.59 Å². The molecule has 0 atom stereocenters. The summed E-state index contributed by atoms with van der Waals surface area (Å²) in [4.78, 5) is 25.1. The van der Waals surface area contributed by atoms with Crippen molar-refractivity contribution >= 4 is 45.8 Å². The molecule has 3 rings (SSSR count). The Morgan fingerprint density at radius 1 is 1.25 bits per heavy atom. The van der Waals surface area contributed by atoms with Crippen LogP contribution in [-0.4, -0.2) is 11.8 Å². The predicted octanol–water partition coefficient (Wildman–Crippen LogP) is 4.03. The molecule has 0 radical (unpaired) electrons. The number of rotatable bonds is 4. The maximum Gasteiger partial charge on any atom is 0.251 e. The molecule has 1 aliphatic carbocycles. The monoisotopic (exact) mass is 360 g/mol. The number of primary amides is 1. The van der Waals surface area contributed by atoms with Gasteiger partial charge >= 0.3 is 0 Å². The van der Waals surface area contributed by atoms with Gasteiger partial charge in [0.2, 0.25) is 5.91 Å². The second-order valence-corrected chi connectivity index (χ2v) is 7.20. The van der Waals surface area contributed by atoms with Crippen LogP contribution in [0.2, 0.25) is 5.02 Å². The second-order valence-electron chi connectivity index (χ2n) is 5.66. The molecule has 0 aliphatic heterocycles. The minimum Gasteiger partial charge on any atom is -0.365 e. The summed E-state index contributed by atoms with van der Waals surface area (Å²) in [6.45, 7) is 0. The van der Waals surface area contributed by atoms with Crippen molar-refractivity contribution in [1.29, 1.82) is 0 Å². The topological polar surface area (TPSA) is 72.2 Å². The molecule has 0 saturated carbocycles. The van der Waals surface area contributed by atoms with E-state index < -0.39 is 5.91 Å². The smallest absolute Gasteiger partial charge is 0.251 e. The Bertz CT molecular complexity index is 826. The number of nitrogens with two attached hydrogens (primary N) is 1. The molecule has 2 aromatic rings. The first-order valence-corrected chi connectivity index (χ1v) is 8.93. The number of carbonyl (C=O) groups excluding carboxylic acids is 2. The van der Waals surface area contributed by atoms with Crippen molar-refractivity contribution in [1.82, 2.24) is 0 Å². The molecule has 3 N–H and O–H groups in total. The van der Waals surface area contributed by atoms with E-state index in [1.165, 1.54) is 17.4 Å². The van der Waals surface area contributed by atoms with E-state index in [1.54, 1.807) is 18.2 Å². The molecular formula is C18H17ClN2O2S. The number of carbonyl (C=O) groups is 2. The average Bonchev–Trinajstić information content (AvgIpc) is 2.91. The van der Waals surface area contributed by atoms with Crippen LogP contribution in [0.25, 0.3) is 6.08 Å². The second kappa shape index (κ2) is 7.20. The van der Waals surface area contributed by atoms with E-state index in [2.05, 4.69) is 5.32 Å². The Balaban J connectivity index is 1.79. The predicted molar refractivity (Wildman–Crippen MR) is 98.6 cm³/mol. The Morgan fingerprint density at radius 3 is 2.79 bits per heavy atom. The first-order valence-electron chi connectivity index (χ1n) is 7.73. The summed E-state index contributed by atoms with van der Waals surface area (Å²) in [6, 6.07) is 7.21. The molecular weight excluding hydrogens is 344 g/mol. The highest BCUT2D eigenvalue weighted by Gasteiger charge is 2.24. The van der Waals surface area contributed by atoms with Crippen molar-refractivity contribution in [3.8, 4) is 0 Å². The van der Waals surface area contributed by atoms with Crippen molar-refractivity contribution < 1.29 is 9.59 Å². The Kier molecular flexibility index (Phi) is 5.02. The lowest BCUT2D eigenvalue weighted by atomic mass is 9.95. The molecule has 1 aromatic carbocycles. The molecule has 0 saturated heterocycles. The van der Waals surface area contributed by atoms with Crippen LogP contribution in [0.15, 0.2) is 30.3 Å². The van der Waals surface area contributed by atoms with Gasteiger partial charge in [0.05, 0.1) is 5.56 Å². The maximum atomic E-state index is 12.2. The van der Waals surface area contributed by atoms with Gasteiger partial charge in [0, 0.05) is 16.0 Å². The molecule has 1 heterocycles. The summed E-state index contributed by atoms with van der Waals surface area (Å²) in [5.41, 5.74) is 7.83. The number of hydrogen-bond donors (Lipinski definition) is 2. The number of anilines is 1. The molecule has 0 bridgehead atoms. The van der Waals surface area contributed by atoms with Crippen LogP contribution in [0.4, 0.5) is 5.00 Å². The number of amides is 2. The summed E-state index contributed by atoms with van der Waals surface area (Å²) in [5, 5.41) is 3.95. The highest BCUT2D eigenvalue weighted by molar-refractivity contribution is 7.17. The third-order valence-electron chi connectivity index (χ3n) is 3.93. The molecule has 0 spiro atoms. The Hall–Kier alpha value is -2.11. The third kappa shape index (κ3) is 3.68. The van der Waals surface area contributed by atoms with Gasteiger partial charge in [0.25, 0.3) is 5.91 Å². The van der Waals surface area contributed by atoms with Crippen LogP contribution in [0.1, 0.15) is 39.2 Å². The van der Waals surface area contributed by atoms with Crippen molar-refractivity contribution in [2.45, 2.75) is 25.7 Å². The summed E-state index contributed by atoms with van der Waals surface area (Å²) in [5.74, 6) is -0.778. The number of thiophene rings is 1. The van der Waals surface area contributed by atoms with Crippen molar-refractivity contribution in [3.05, 3.63) is 56.9 Å². The van der Waals surface area contributed by atoms with Crippen LogP contribution in [0.5, 0.6) is 0 Å². The van der Waals surface area contributed by atoms with Crippen molar-refractivity contribution in [2.24, 2.45) is 5.73 Å². The van der Waals surface area contributed by atoms with Gasteiger partial charge in [-0.15, -0.1) is 11.3 Å². The standard InChI is InChI=1S/C18H17ClN2O2S/c19-12-5-3-4-11(10-12)8-9-15(22)21-18-16(17(20)23)13-6-1-2-7-14(13)24-18/h3-5,8-10H,1-2,6-7H2,(H2,20,23)(H,21,22). The van der Waals surface area contributed by atoms with Crippen LogP contribution < -0.4 is 11.1 Å². The van der Waals surface area contributed by atoms with Gasteiger partial charge in [0.1, 0.15) is 5.00 Å². The van der Waals surface area contributed by atoms with E-state index in [4.69, 9.17) is 17.3 Å². The van der Waals surface area contributed by atoms with Gasteiger partial charge in [-0.05, 0) is 55.0 Å². The Morgan fingerprint density at radius 2 is 2.04 bits per heavy atom. The van der Waals surface area contributed by atoms with Crippen LogP contribution in [0.3, 0.4) is 0 Å². The first kappa shape index (κ1) is 16.7. The lowest BCUT2D eigenvalue weighted by Crippen LogP contribution is -2.17. The molecule has 2 amide bonds. The summed E-state index contributed by atoms with van der Waals surface area (Å²) >= 11 is 7.37. The Labute approximate surface area is 149 Å². The largest absolute Gasteiger partial charge is 0.365 e. The highest BCUT2D eigenvalue weighted by atomic mass is 35.5. The van der Waals surface area contributed by atoms with E-state index in [0.29, 0.717) is 15.6 Å². The number of aryl methyl sites for hydroxylation is 1. The summed E-state index contributed by atoms with van der Waals surface area (Å²) in [7, 11) is 0. The third-order valence-corrected chi connectivity index (χ3v) is 5.37. The fourth-order valence-electron chi connectivity index (χ4n) is 2.85. The zero-order valence-corrected chi connectivity index (χ0v) is 14.5. The zero-order valence-electron chi connectivity index (χ0n) is 13.0. The number of hydrogen-bond acceptors (Lipinski definition) is 3. The lowest BCUT2D eigenvalue weighted by Gasteiger charge is -2.11. The van der Waals surface area contributed by atoms with Gasteiger partial charge in [-0.3, -0.25) is 9.59 Å². The summed E-state index contributed by atoms with van der Waals surface area (Å²) in [6.07, 6.45) is 7.04. The maximum absolute atomic E-state index is 12.2. The molecule has 4 nitrogen and oxygen atoms in total. The van der Waals surface area contributed by atoms with E-state index in [-0.39, 0.29) is 5.91 Å². The van der Waals surface area contributed by atoms with Crippen LogP contribution in [0, 0.1) is 0 Å². The average molecular weight is 361 g/mol. The van der Waals surface area contributed by atoms with E-state index in [1.807, 2.05) is 12.1 Å². The minimum atomic E-state index is -0.483. The van der Waals surface area contributed by atoms with Gasteiger partial charge in [-0.25, -0.2) is 0 Å². The van der Waals surface area contributed by atoms with E-state index >= 15 is 0 Å². The molecule has 24 heavy (non-hydrogen) atoms. The van der Waals surface area contributed by atoms with Crippen LogP contribution >= 0.6 is 22.9 Å². The number of fused-ring (bicyclic) bond motifs is 1.